The Hall–Kier alpha value is -2.43. The number of piperidine rings is 1. The summed E-state index contributed by atoms with van der Waals surface area (Å²) in [5, 5.41) is 3.01. The van der Waals surface area contributed by atoms with Gasteiger partial charge in [0, 0.05) is 30.7 Å². The van der Waals surface area contributed by atoms with Crippen LogP contribution in [-0.2, 0) is 0 Å². The average molecular weight is 352 g/mol. The van der Waals surface area contributed by atoms with Crippen LogP contribution in [0.15, 0.2) is 24.5 Å². The van der Waals surface area contributed by atoms with Gasteiger partial charge in [0.25, 0.3) is 5.91 Å². The van der Waals surface area contributed by atoms with Crippen LogP contribution >= 0.6 is 0 Å². The zero-order valence-electron chi connectivity index (χ0n) is 16.2. The Balaban J connectivity index is 1.75. The predicted molar refractivity (Wildman–Crippen MR) is 106 cm³/mol. The van der Waals surface area contributed by atoms with Crippen LogP contribution in [0.2, 0.25) is 0 Å². The van der Waals surface area contributed by atoms with Crippen molar-refractivity contribution in [3.8, 4) is 0 Å². The van der Waals surface area contributed by atoms with Crippen LogP contribution in [0.25, 0.3) is 0 Å². The second-order valence-electron chi connectivity index (χ2n) is 7.25. The van der Waals surface area contributed by atoms with Crippen molar-refractivity contribution < 1.29 is 4.79 Å². The fraction of sp³-hybridized carbons (Fsp3) is 0.476. The third kappa shape index (κ3) is 3.87. The highest BCUT2D eigenvalue weighted by atomic mass is 16.1. The summed E-state index contributed by atoms with van der Waals surface area (Å²) in [7, 11) is 0. The molecule has 1 aromatic heterocycles. The van der Waals surface area contributed by atoms with E-state index in [0.29, 0.717) is 11.6 Å². The van der Waals surface area contributed by atoms with Gasteiger partial charge in [0.15, 0.2) is 0 Å². The lowest BCUT2D eigenvalue weighted by atomic mass is 10.0. The smallest absolute Gasteiger partial charge is 0.258 e. The summed E-state index contributed by atoms with van der Waals surface area (Å²) >= 11 is 0. The van der Waals surface area contributed by atoms with Gasteiger partial charge in [-0.1, -0.05) is 24.6 Å². The Morgan fingerprint density at radius 2 is 1.81 bits per heavy atom. The molecule has 138 valence electrons. The molecule has 1 fully saturated rings. The summed E-state index contributed by atoms with van der Waals surface area (Å²) in [6.45, 7) is 9.28. The number of hydrogen-bond donors (Lipinski definition) is 1. The van der Waals surface area contributed by atoms with Gasteiger partial charge in [-0.2, -0.15) is 0 Å². The zero-order valence-corrected chi connectivity index (χ0v) is 16.2. The molecule has 1 unspecified atom stereocenters. The summed E-state index contributed by atoms with van der Waals surface area (Å²) in [5.74, 6) is 0.563. The fourth-order valence-corrected chi connectivity index (χ4v) is 3.84. The normalized spacial score (nSPS) is 17.2. The standard InChI is InChI=1S/C21H28N4O/c1-5-18-8-6-7-9-25(18)21-22-12-17(13-23-21)20(26)24-19-15(3)10-14(2)11-16(19)4/h10-13,18H,5-9H2,1-4H3,(H,24,26). The number of aromatic nitrogens is 2. The number of rotatable bonds is 4. The molecule has 0 radical (unpaired) electrons. The summed E-state index contributed by atoms with van der Waals surface area (Å²) < 4.78 is 0. The summed E-state index contributed by atoms with van der Waals surface area (Å²) in [5.41, 5.74) is 4.67. The van der Waals surface area contributed by atoms with Crippen molar-refractivity contribution in [2.45, 2.75) is 59.4 Å². The average Bonchev–Trinajstić information content (AvgIpc) is 2.64. The number of carbonyl (C=O) groups excluding carboxylic acids is 1. The highest BCUT2D eigenvalue weighted by Gasteiger charge is 2.23. The number of aryl methyl sites for hydroxylation is 3. The van der Waals surface area contributed by atoms with E-state index in [1.165, 1.54) is 24.8 Å². The molecule has 2 heterocycles. The predicted octanol–water partition coefficient (Wildman–Crippen LogP) is 4.42. The number of hydrogen-bond acceptors (Lipinski definition) is 4. The molecule has 3 rings (SSSR count). The lowest BCUT2D eigenvalue weighted by Crippen LogP contribution is -2.40. The number of benzene rings is 1. The van der Waals surface area contributed by atoms with Gasteiger partial charge in [0.1, 0.15) is 0 Å². The third-order valence-electron chi connectivity index (χ3n) is 5.17. The van der Waals surface area contributed by atoms with Crippen LogP contribution in [-0.4, -0.2) is 28.5 Å². The van der Waals surface area contributed by atoms with Crippen molar-refractivity contribution in [1.82, 2.24) is 9.97 Å². The molecule has 1 aliphatic heterocycles. The van der Waals surface area contributed by atoms with Gasteiger partial charge in [-0.3, -0.25) is 4.79 Å². The van der Waals surface area contributed by atoms with Crippen molar-refractivity contribution in [3.63, 3.8) is 0 Å². The molecule has 1 N–H and O–H groups in total. The monoisotopic (exact) mass is 352 g/mol. The number of carbonyl (C=O) groups is 1. The Morgan fingerprint density at radius 3 is 2.42 bits per heavy atom. The number of nitrogens with one attached hydrogen (secondary N) is 1. The summed E-state index contributed by atoms with van der Waals surface area (Å²) in [4.78, 5) is 23.8. The highest BCUT2D eigenvalue weighted by molar-refractivity contribution is 6.04. The van der Waals surface area contributed by atoms with E-state index < -0.39 is 0 Å². The van der Waals surface area contributed by atoms with E-state index in [9.17, 15) is 4.79 Å². The van der Waals surface area contributed by atoms with E-state index in [1.54, 1.807) is 12.4 Å². The van der Waals surface area contributed by atoms with Gasteiger partial charge in [0.05, 0.1) is 5.56 Å². The van der Waals surface area contributed by atoms with Crippen LogP contribution in [0.4, 0.5) is 11.6 Å². The van der Waals surface area contributed by atoms with Crippen LogP contribution in [0, 0.1) is 20.8 Å². The first-order valence-corrected chi connectivity index (χ1v) is 9.47. The van der Waals surface area contributed by atoms with Crippen molar-refractivity contribution in [1.29, 1.82) is 0 Å². The van der Waals surface area contributed by atoms with Gasteiger partial charge >= 0.3 is 0 Å². The van der Waals surface area contributed by atoms with Gasteiger partial charge in [-0.25, -0.2) is 9.97 Å². The van der Waals surface area contributed by atoms with E-state index in [0.717, 1.165) is 35.7 Å². The maximum atomic E-state index is 12.6. The van der Waals surface area contributed by atoms with Gasteiger partial charge < -0.3 is 10.2 Å². The lowest BCUT2D eigenvalue weighted by Gasteiger charge is -2.35. The van der Waals surface area contributed by atoms with Crippen LogP contribution in [0.3, 0.4) is 0 Å². The first-order valence-electron chi connectivity index (χ1n) is 9.47. The minimum absolute atomic E-state index is 0.169. The SMILES string of the molecule is CCC1CCCCN1c1ncc(C(=O)Nc2c(C)cc(C)cc2C)cn1. The molecule has 0 saturated carbocycles. The minimum Gasteiger partial charge on any atom is -0.338 e. The maximum Gasteiger partial charge on any atom is 0.258 e. The first kappa shape index (κ1) is 18.4. The van der Waals surface area contributed by atoms with Gasteiger partial charge in [-0.05, 0) is 57.6 Å². The molecule has 1 aromatic carbocycles. The second-order valence-corrected chi connectivity index (χ2v) is 7.25. The molecule has 26 heavy (non-hydrogen) atoms. The Bertz CT molecular complexity index is 762. The van der Waals surface area contributed by atoms with Gasteiger partial charge in [0.2, 0.25) is 5.95 Å². The van der Waals surface area contributed by atoms with E-state index >= 15 is 0 Å². The van der Waals surface area contributed by atoms with Crippen molar-refractivity contribution in [2.24, 2.45) is 0 Å². The van der Waals surface area contributed by atoms with Crippen LogP contribution in [0.1, 0.15) is 59.7 Å². The molecule has 5 nitrogen and oxygen atoms in total. The highest BCUT2D eigenvalue weighted by Crippen LogP contribution is 2.24. The molecule has 1 aliphatic rings. The molecular formula is C21H28N4O. The largest absolute Gasteiger partial charge is 0.338 e. The number of nitrogens with zero attached hydrogens (tertiary/aromatic N) is 3. The molecule has 0 aliphatic carbocycles. The molecule has 0 spiro atoms. The third-order valence-corrected chi connectivity index (χ3v) is 5.17. The number of anilines is 2. The summed E-state index contributed by atoms with van der Waals surface area (Å²) in [6, 6.07) is 4.65. The van der Waals surface area contributed by atoms with E-state index in [1.807, 2.05) is 13.8 Å². The van der Waals surface area contributed by atoms with Crippen molar-refractivity contribution >= 4 is 17.5 Å². The zero-order chi connectivity index (χ0) is 18.7. The summed E-state index contributed by atoms with van der Waals surface area (Å²) in [6.07, 6.45) is 8.00. The Kier molecular flexibility index (Phi) is 5.55. The van der Waals surface area contributed by atoms with E-state index in [2.05, 4.69) is 46.2 Å². The Morgan fingerprint density at radius 1 is 1.15 bits per heavy atom. The molecule has 1 atom stereocenters. The van der Waals surface area contributed by atoms with Crippen molar-refractivity contribution in [2.75, 3.05) is 16.8 Å². The maximum absolute atomic E-state index is 12.6. The quantitative estimate of drug-likeness (QED) is 0.885. The molecule has 2 aromatic rings. The van der Waals surface area contributed by atoms with Crippen molar-refractivity contribution in [3.05, 3.63) is 46.8 Å². The second kappa shape index (κ2) is 7.85. The minimum atomic E-state index is -0.169. The first-order chi connectivity index (χ1) is 12.5. The van der Waals surface area contributed by atoms with E-state index in [4.69, 9.17) is 0 Å². The van der Waals surface area contributed by atoms with Crippen LogP contribution < -0.4 is 10.2 Å². The van der Waals surface area contributed by atoms with E-state index in [-0.39, 0.29) is 5.91 Å². The molecule has 0 bridgehead atoms. The molecule has 1 amide bonds. The molecular weight excluding hydrogens is 324 g/mol. The van der Waals surface area contributed by atoms with Crippen LogP contribution in [0.5, 0.6) is 0 Å². The Labute approximate surface area is 155 Å². The van der Waals surface area contributed by atoms with Gasteiger partial charge in [-0.15, -0.1) is 0 Å². The lowest BCUT2D eigenvalue weighted by molar-refractivity contribution is 0.102. The fourth-order valence-electron chi connectivity index (χ4n) is 3.84. The molecule has 5 heteroatoms. The molecule has 1 saturated heterocycles. The topological polar surface area (TPSA) is 58.1 Å². The number of amides is 1.